The lowest BCUT2D eigenvalue weighted by Gasteiger charge is -2.22. The molecule has 184 valence electrons. The van der Waals surface area contributed by atoms with E-state index in [2.05, 4.69) is 52.0 Å². The monoisotopic (exact) mass is 473 g/mol. The van der Waals surface area contributed by atoms with E-state index in [1.54, 1.807) is 20.8 Å². The van der Waals surface area contributed by atoms with E-state index in [0.29, 0.717) is 12.6 Å². The van der Waals surface area contributed by atoms with E-state index in [1.807, 2.05) is 12.1 Å². The zero-order valence-electron chi connectivity index (χ0n) is 21.0. The van der Waals surface area contributed by atoms with Crippen LogP contribution >= 0.6 is 0 Å². The van der Waals surface area contributed by atoms with Crippen molar-refractivity contribution < 1.29 is 14.3 Å². The molecular formula is C29H35N3O3. The Morgan fingerprint density at radius 2 is 1.83 bits per heavy atom. The molecule has 0 atom stereocenters. The van der Waals surface area contributed by atoms with Gasteiger partial charge in [-0.1, -0.05) is 30.3 Å². The molecule has 35 heavy (non-hydrogen) atoms. The van der Waals surface area contributed by atoms with Crippen LogP contribution in [0.4, 0.5) is 5.69 Å². The molecule has 2 heterocycles. The van der Waals surface area contributed by atoms with E-state index in [0.717, 1.165) is 48.6 Å². The molecule has 2 fully saturated rings. The number of ether oxygens (including phenoxy) is 2. The zero-order chi connectivity index (χ0) is 24.4. The molecule has 0 bridgehead atoms. The fraction of sp³-hybridized carbons (Fsp3) is 0.448. The topological polar surface area (TPSA) is 56.6 Å². The van der Waals surface area contributed by atoms with Crippen molar-refractivity contribution in [2.24, 2.45) is 0 Å². The Balaban J connectivity index is 1.47. The first-order valence-corrected chi connectivity index (χ1v) is 12.7. The molecule has 1 aliphatic heterocycles. The van der Waals surface area contributed by atoms with Crippen LogP contribution in [0, 0.1) is 0 Å². The van der Waals surface area contributed by atoms with E-state index in [9.17, 15) is 4.79 Å². The van der Waals surface area contributed by atoms with Crippen LogP contribution in [0.3, 0.4) is 0 Å². The molecule has 6 nitrogen and oxygen atoms in total. The Morgan fingerprint density at radius 3 is 2.57 bits per heavy atom. The van der Waals surface area contributed by atoms with Crippen molar-refractivity contribution in [2.45, 2.75) is 71.3 Å². The van der Waals surface area contributed by atoms with Gasteiger partial charge in [-0.3, -0.25) is 9.48 Å². The smallest absolute Gasteiger partial charge is 0.161 e. The fourth-order valence-corrected chi connectivity index (χ4v) is 4.43. The lowest BCUT2D eigenvalue weighted by Crippen LogP contribution is -2.32. The molecule has 1 saturated heterocycles. The summed E-state index contributed by atoms with van der Waals surface area (Å²) in [6.07, 6.45) is 5.08. The number of carbonyl (C=O) groups is 1. The van der Waals surface area contributed by atoms with Gasteiger partial charge in [-0.25, -0.2) is 0 Å². The van der Waals surface area contributed by atoms with Gasteiger partial charge in [0.2, 0.25) is 0 Å². The number of ketones is 1. The minimum absolute atomic E-state index is 0.00150. The highest BCUT2D eigenvalue weighted by Crippen LogP contribution is 2.32. The van der Waals surface area contributed by atoms with Gasteiger partial charge in [0.1, 0.15) is 11.4 Å². The molecule has 0 radical (unpaired) electrons. The average molecular weight is 474 g/mol. The molecule has 0 amide bonds. The number of aromatic nitrogens is 2. The van der Waals surface area contributed by atoms with Gasteiger partial charge in [-0.2, -0.15) is 5.10 Å². The van der Waals surface area contributed by atoms with E-state index < -0.39 is 5.60 Å². The predicted molar refractivity (Wildman–Crippen MR) is 138 cm³/mol. The van der Waals surface area contributed by atoms with Crippen molar-refractivity contribution in [2.75, 3.05) is 18.0 Å². The summed E-state index contributed by atoms with van der Waals surface area (Å²) >= 11 is 0. The second-order valence-electron chi connectivity index (χ2n) is 10.2. The number of rotatable bonds is 10. The highest BCUT2D eigenvalue weighted by Gasteiger charge is 2.26. The number of para-hydroxylation sites is 1. The third kappa shape index (κ3) is 5.59. The molecule has 1 aromatic heterocycles. The van der Waals surface area contributed by atoms with Gasteiger partial charge in [0.15, 0.2) is 5.78 Å². The third-order valence-electron chi connectivity index (χ3n) is 6.97. The lowest BCUT2D eigenvalue weighted by molar-refractivity contribution is -0.139. The Labute approximate surface area is 207 Å². The average Bonchev–Trinajstić information content (AvgIpc) is 3.32. The Kier molecular flexibility index (Phi) is 6.65. The molecule has 1 saturated carbocycles. The van der Waals surface area contributed by atoms with Crippen LogP contribution in [0.15, 0.2) is 54.6 Å². The maximum Gasteiger partial charge on any atom is 0.161 e. The summed E-state index contributed by atoms with van der Waals surface area (Å²) in [4.78, 5) is 14.4. The Bertz CT molecular complexity index is 1190. The minimum Gasteiger partial charge on any atom is -0.490 e. The maximum absolute atomic E-state index is 11.9. The van der Waals surface area contributed by atoms with E-state index >= 15 is 0 Å². The largest absolute Gasteiger partial charge is 0.490 e. The number of carbonyl (C=O) groups excluding carboxylic acids is 1. The van der Waals surface area contributed by atoms with Crippen LogP contribution in [0.5, 0.6) is 5.75 Å². The second-order valence-corrected chi connectivity index (χ2v) is 10.2. The van der Waals surface area contributed by atoms with Crippen molar-refractivity contribution in [3.05, 3.63) is 65.9 Å². The van der Waals surface area contributed by atoms with Crippen LogP contribution in [-0.4, -0.2) is 40.4 Å². The number of benzene rings is 2. The van der Waals surface area contributed by atoms with Crippen LogP contribution in [-0.2, 0) is 22.7 Å². The van der Waals surface area contributed by atoms with Crippen molar-refractivity contribution in [3.63, 3.8) is 0 Å². The summed E-state index contributed by atoms with van der Waals surface area (Å²) in [5.74, 6) is 0.896. The Morgan fingerprint density at radius 1 is 1.06 bits per heavy atom. The zero-order valence-corrected chi connectivity index (χ0v) is 21.0. The molecule has 0 unspecified atom stereocenters. The van der Waals surface area contributed by atoms with Gasteiger partial charge in [0.05, 0.1) is 30.6 Å². The standard InChI is InChI=1S/C29H35N3O3/c1-21(33)29(2,3)34-20-24-18-28(22-10-8-11-26(17-22)35-25-13-14-25)32(30-24)19-23-9-4-5-12-27(23)31-15-6-7-16-31/h4-5,8-12,17-18,25H,6-7,13-16,19-20H2,1-3H3. The number of anilines is 1. The first-order chi connectivity index (χ1) is 16.9. The van der Waals surface area contributed by atoms with Crippen molar-refractivity contribution in [3.8, 4) is 17.0 Å². The van der Waals surface area contributed by atoms with Gasteiger partial charge >= 0.3 is 0 Å². The molecule has 6 heteroatoms. The van der Waals surface area contributed by atoms with E-state index in [-0.39, 0.29) is 12.4 Å². The molecule has 0 N–H and O–H groups in total. The summed E-state index contributed by atoms with van der Waals surface area (Å²) < 4.78 is 14.1. The van der Waals surface area contributed by atoms with Gasteiger partial charge in [0, 0.05) is 24.3 Å². The Hall–Kier alpha value is -3.12. The summed E-state index contributed by atoms with van der Waals surface area (Å²) in [5, 5.41) is 4.94. The highest BCUT2D eigenvalue weighted by atomic mass is 16.5. The number of nitrogens with zero attached hydrogens (tertiary/aromatic N) is 3. The van der Waals surface area contributed by atoms with Crippen molar-refractivity contribution in [1.29, 1.82) is 0 Å². The fourth-order valence-electron chi connectivity index (χ4n) is 4.43. The van der Waals surface area contributed by atoms with E-state index in [4.69, 9.17) is 14.6 Å². The van der Waals surface area contributed by atoms with Crippen LogP contribution < -0.4 is 9.64 Å². The number of Topliss-reactive ketones (excluding diaryl/α,β-unsaturated/α-hetero) is 1. The normalized spacial score (nSPS) is 16.0. The molecule has 1 aliphatic carbocycles. The van der Waals surface area contributed by atoms with Crippen LogP contribution in [0.1, 0.15) is 57.7 Å². The molecular weight excluding hydrogens is 438 g/mol. The highest BCUT2D eigenvalue weighted by molar-refractivity contribution is 5.83. The van der Waals surface area contributed by atoms with Crippen molar-refractivity contribution >= 4 is 11.5 Å². The number of hydrogen-bond acceptors (Lipinski definition) is 5. The summed E-state index contributed by atoms with van der Waals surface area (Å²) in [7, 11) is 0. The minimum atomic E-state index is -0.843. The summed E-state index contributed by atoms with van der Waals surface area (Å²) in [5.41, 5.74) is 4.58. The third-order valence-corrected chi connectivity index (χ3v) is 6.97. The van der Waals surface area contributed by atoms with Crippen molar-refractivity contribution in [1.82, 2.24) is 9.78 Å². The molecule has 0 spiro atoms. The molecule has 2 aromatic carbocycles. The van der Waals surface area contributed by atoms with Crippen LogP contribution in [0.25, 0.3) is 11.3 Å². The quantitative estimate of drug-likeness (QED) is 0.382. The lowest BCUT2D eigenvalue weighted by atomic mass is 10.1. The maximum atomic E-state index is 11.9. The predicted octanol–water partition coefficient (Wildman–Crippen LogP) is 5.62. The number of hydrogen-bond donors (Lipinski definition) is 0. The summed E-state index contributed by atoms with van der Waals surface area (Å²) in [6, 6.07) is 19.0. The SMILES string of the molecule is CC(=O)C(C)(C)OCc1cc(-c2cccc(OC3CC3)c2)n(Cc2ccccc2N2CCCC2)n1. The van der Waals surface area contributed by atoms with Gasteiger partial charge in [-0.15, -0.1) is 0 Å². The molecule has 5 rings (SSSR count). The molecule has 3 aromatic rings. The second kappa shape index (κ2) is 9.86. The van der Waals surface area contributed by atoms with Gasteiger partial charge in [0.25, 0.3) is 0 Å². The van der Waals surface area contributed by atoms with Gasteiger partial charge < -0.3 is 14.4 Å². The first-order valence-electron chi connectivity index (χ1n) is 12.7. The van der Waals surface area contributed by atoms with Crippen LogP contribution in [0.2, 0.25) is 0 Å². The summed E-state index contributed by atoms with van der Waals surface area (Å²) in [6.45, 7) is 8.30. The molecule has 2 aliphatic rings. The first kappa shape index (κ1) is 23.6. The van der Waals surface area contributed by atoms with Gasteiger partial charge in [-0.05, 0) is 76.3 Å². The van der Waals surface area contributed by atoms with E-state index in [1.165, 1.54) is 24.1 Å².